The van der Waals surface area contributed by atoms with E-state index in [1.165, 1.54) is 44.9 Å². The molecule has 0 saturated heterocycles. The molecule has 0 rings (SSSR count). The summed E-state index contributed by atoms with van der Waals surface area (Å²) >= 11 is 0. The van der Waals surface area contributed by atoms with E-state index in [2.05, 4.69) is 12.2 Å². The van der Waals surface area contributed by atoms with Crippen LogP contribution in [0.2, 0.25) is 0 Å². The highest BCUT2D eigenvalue weighted by atomic mass is 16.5. The Bertz CT molecular complexity index is 160. The summed E-state index contributed by atoms with van der Waals surface area (Å²) in [5.41, 5.74) is 0. The predicted molar refractivity (Wildman–Crippen MR) is 67.5 cm³/mol. The van der Waals surface area contributed by atoms with Crippen molar-refractivity contribution >= 4 is 5.97 Å². The number of hydrogen-bond donors (Lipinski definition) is 1. The summed E-state index contributed by atoms with van der Waals surface area (Å²) in [6.07, 6.45) is 10.2. The zero-order valence-electron chi connectivity index (χ0n) is 10.9. The summed E-state index contributed by atoms with van der Waals surface area (Å²) in [7, 11) is 1.75. The summed E-state index contributed by atoms with van der Waals surface area (Å²) in [5, 5.41) is 2.77. The maximum absolute atomic E-state index is 11.0. The maximum atomic E-state index is 11.0. The van der Waals surface area contributed by atoms with Gasteiger partial charge in [0.25, 0.3) is 0 Å². The van der Waals surface area contributed by atoms with Crippen molar-refractivity contribution in [3.63, 3.8) is 0 Å². The van der Waals surface area contributed by atoms with Crippen LogP contribution in [0.15, 0.2) is 0 Å². The van der Waals surface area contributed by atoms with Crippen molar-refractivity contribution in [1.29, 1.82) is 0 Å². The first-order chi connectivity index (χ1) is 7.81. The Labute approximate surface area is 99.9 Å². The number of unbranched alkanes of at least 4 members (excludes halogenated alkanes) is 7. The van der Waals surface area contributed by atoms with Gasteiger partial charge in [0.1, 0.15) is 0 Å². The third kappa shape index (κ3) is 11.5. The number of likely N-dealkylation sites (N-methyl/N-ethyl adjacent to an activating group) is 1. The van der Waals surface area contributed by atoms with Gasteiger partial charge in [-0.2, -0.15) is 0 Å². The van der Waals surface area contributed by atoms with Crippen LogP contribution in [-0.2, 0) is 9.53 Å². The summed E-state index contributed by atoms with van der Waals surface area (Å²) in [5.74, 6) is -0.148. The van der Waals surface area contributed by atoms with Crippen LogP contribution < -0.4 is 5.32 Å². The summed E-state index contributed by atoms with van der Waals surface area (Å²) < 4.78 is 5.03. The number of ether oxygens (including phenoxy) is 1. The van der Waals surface area contributed by atoms with Gasteiger partial charge in [0, 0.05) is 0 Å². The highest BCUT2D eigenvalue weighted by molar-refractivity contribution is 5.71. The number of hydrogen-bond acceptors (Lipinski definition) is 3. The minimum absolute atomic E-state index is 0.148. The van der Waals surface area contributed by atoms with Gasteiger partial charge in [-0.25, -0.2) is 0 Å². The molecule has 0 saturated carbocycles. The van der Waals surface area contributed by atoms with Crippen LogP contribution in [0, 0.1) is 0 Å². The van der Waals surface area contributed by atoms with Gasteiger partial charge in [0.2, 0.25) is 0 Å². The minimum atomic E-state index is -0.148. The highest BCUT2D eigenvalue weighted by Crippen LogP contribution is 2.08. The van der Waals surface area contributed by atoms with Crippen LogP contribution in [0.3, 0.4) is 0 Å². The van der Waals surface area contributed by atoms with Gasteiger partial charge in [-0.15, -0.1) is 0 Å². The Morgan fingerprint density at radius 2 is 1.56 bits per heavy atom. The fourth-order valence-electron chi connectivity index (χ4n) is 1.62. The lowest BCUT2D eigenvalue weighted by Crippen LogP contribution is -2.21. The van der Waals surface area contributed by atoms with E-state index in [0.29, 0.717) is 13.2 Å². The smallest absolute Gasteiger partial charge is 0.319 e. The fourth-order valence-corrected chi connectivity index (χ4v) is 1.62. The maximum Gasteiger partial charge on any atom is 0.319 e. The van der Waals surface area contributed by atoms with E-state index in [4.69, 9.17) is 4.74 Å². The second kappa shape index (κ2) is 12.5. The molecule has 0 aliphatic rings. The molecule has 0 fully saturated rings. The molecule has 0 atom stereocenters. The van der Waals surface area contributed by atoms with Gasteiger partial charge < -0.3 is 10.1 Å². The van der Waals surface area contributed by atoms with Crippen molar-refractivity contribution in [2.75, 3.05) is 20.2 Å². The average Bonchev–Trinajstić information content (AvgIpc) is 2.27. The quantitative estimate of drug-likeness (QED) is 0.437. The van der Waals surface area contributed by atoms with E-state index in [-0.39, 0.29) is 5.97 Å². The first-order valence-corrected chi connectivity index (χ1v) is 6.61. The third-order valence-corrected chi connectivity index (χ3v) is 2.58. The second-order valence-electron chi connectivity index (χ2n) is 4.23. The number of carbonyl (C=O) groups excluding carboxylic acids is 1. The van der Waals surface area contributed by atoms with Crippen LogP contribution in [-0.4, -0.2) is 26.2 Å². The van der Waals surface area contributed by atoms with Crippen molar-refractivity contribution in [3.05, 3.63) is 0 Å². The fraction of sp³-hybridized carbons (Fsp3) is 0.923. The van der Waals surface area contributed by atoms with Crippen LogP contribution in [0.4, 0.5) is 0 Å². The highest BCUT2D eigenvalue weighted by Gasteiger charge is 1.99. The molecule has 3 nitrogen and oxygen atoms in total. The number of nitrogens with one attached hydrogen (secondary N) is 1. The van der Waals surface area contributed by atoms with Gasteiger partial charge in [-0.3, -0.25) is 4.79 Å². The largest absolute Gasteiger partial charge is 0.465 e. The molecule has 0 amide bonds. The molecule has 0 heterocycles. The Kier molecular flexibility index (Phi) is 12.1. The molecule has 0 aliphatic carbocycles. The molecule has 0 unspecified atom stereocenters. The molecule has 0 aliphatic heterocycles. The zero-order valence-corrected chi connectivity index (χ0v) is 10.9. The molecule has 0 radical (unpaired) electrons. The van der Waals surface area contributed by atoms with E-state index < -0.39 is 0 Å². The normalized spacial score (nSPS) is 10.4. The number of rotatable bonds is 11. The molecule has 1 N–H and O–H groups in total. The van der Waals surface area contributed by atoms with E-state index in [1.54, 1.807) is 7.05 Å². The lowest BCUT2D eigenvalue weighted by Gasteiger charge is -2.04. The predicted octanol–water partition coefficient (Wildman–Crippen LogP) is 2.89. The van der Waals surface area contributed by atoms with Crippen molar-refractivity contribution < 1.29 is 9.53 Å². The number of esters is 1. The van der Waals surface area contributed by atoms with E-state index in [9.17, 15) is 4.79 Å². The minimum Gasteiger partial charge on any atom is -0.465 e. The zero-order chi connectivity index (χ0) is 12.1. The van der Waals surface area contributed by atoms with Gasteiger partial charge >= 0.3 is 5.97 Å². The van der Waals surface area contributed by atoms with Gasteiger partial charge in [-0.1, -0.05) is 51.9 Å². The van der Waals surface area contributed by atoms with Crippen LogP contribution >= 0.6 is 0 Å². The van der Waals surface area contributed by atoms with Crippen LogP contribution in [0.25, 0.3) is 0 Å². The Morgan fingerprint density at radius 3 is 2.12 bits per heavy atom. The number of carbonyl (C=O) groups is 1. The second-order valence-corrected chi connectivity index (χ2v) is 4.23. The Morgan fingerprint density at radius 1 is 1.00 bits per heavy atom. The van der Waals surface area contributed by atoms with Crippen molar-refractivity contribution in [1.82, 2.24) is 5.32 Å². The first kappa shape index (κ1) is 15.4. The summed E-state index contributed by atoms with van der Waals surface area (Å²) in [6, 6.07) is 0. The molecule has 3 heteroatoms. The molecular formula is C13H27NO2. The van der Waals surface area contributed by atoms with Crippen molar-refractivity contribution in [2.24, 2.45) is 0 Å². The molecule has 0 aromatic heterocycles. The van der Waals surface area contributed by atoms with Gasteiger partial charge in [-0.05, 0) is 13.5 Å². The van der Waals surface area contributed by atoms with Crippen LogP contribution in [0.5, 0.6) is 0 Å². The molecule has 0 aromatic carbocycles. The van der Waals surface area contributed by atoms with E-state index >= 15 is 0 Å². The lowest BCUT2D eigenvalue weighted by atomic mass is 10.1. The Hall–Kier alpha value is -0.570. The lowest BCUT2D eigenvalue weighted by molar-refractivity contribution is -0.142. The standard InChI is InChI=1S/C13H27NO2/c1-3-4-5-6-7-8-9-10-11-16-13(15)12-14-2/h14H,3-12H2,1-2H3. The first-order valence-electron chi connectivity index (χ1n) is 6.61. The third-order valence-electron chi connectivity index (χ3n) is 2.58. The topological polar surface area (TPSA) is 38.3 Å². The van der Waals surface area contributed by atoms with E-state index in [0.717, 1.165) is 6.42 Å². The summed E-state index contributed by atoms with van der Waals surface area (Å²) in [6.45, 7) is 3.13. The molecule has 0 spiro atoms. The molecular weight excluding hydrogens is 202 g/mol. The molecule has 0 aromatic rings. The molecule has 0 bridgehead atoms. The molecule has 16 heavy (non-hydrogen) atoms. The van der Waals surface area contributed by atoms with Crippen molar-refractivity contribution in [2.45, 2.75) is 58.3 Å². The summed E-state index contributed by atoms with van der Waals surface area (Å²) in [4.78, 5) is 11.0. The molecule has 96 valence electrons. The van der Waals surface area contributed by atoms with E-state index in [1.807, 2.05) is 0 Å². The van der Waals surface area contributed by atoms with Gasteiger partial charge in [0.05, 0.1) is 13.2 Å². The Balaban J connectivity index is 3.01. The van der Waals surface area contributed by atoms with Crippen LogP contribution in [0.1, 0.15) is 58.3 Å². The van der Waals surface area contributed by atoms with Gasteiger partial charge in [0.15, 0.2) is 0 Å². The van der Waals surface area contributed by atoms with Crippen molar-refractivity contribution in [3.8, 4) is 0 Å². The SMILES string of the molecule is CCCCCCCCCCOC(=O)CNC. The average molecular weight is 229 g/mol. The monoisotopic (exact) mass is 229 g/mol.